The number of aromatic nitrogens is 2. The molecule has 1 aromatic heterocycles. The van der Waals surface area contributed by atoms with Crippen LogP contribution < -0.4 is 19.5 Å². The van der Waals surface area contributed by atoms with E-state index in [9.17, 15) is 39.2 Å². The first-order valence-corrected chi connectivity index (χ1v) is 11.6. The maximum Gasteiger partial charge on any atom is 0.375 e. The smallest absolute Gasteiger partial charge is 0.375 e. The lowest BCUT2D eigenvalue weighted by Crippen LogP contribution is -2.46. The second-order valence-corrected chi connectivity index (χ2v) is 9.61. The molecule has 1 aromatic carbocycles. The summed E-state index contributed by atoms with van der Waals surface area (Å²) in [7, 11) is -8.88. The van der Waals surface area contributed by atoms with E-state index in [-0.39, 0.29) is 11.8 Å². The number of carbonyl (C=O) groups excluding carboxylic acids is 1. The third-order valence-electron chi connectivity index (χ3n) is 3.69. The molecule has 0 aliphatic rings. The number of ether oxygens (including phenoxy) is 1. The van der Waals surface area contributed by atoms with E-state index in [1.54, 1.807) is 11.6 Å². The largest absolute Gasteiger partial charge is 0.481 e. The Labute approximate surface area is 185 Å². The molecule has 2 aromatic rings. The fraction of sp³-hybridized carbons (Fsp3) is 0.312. The molecular weight excluding hydrogens is 498 g/mol. The summed E-state index contributed by atoms with van der Waals surface area (Å²) in [6.45, 7) is 0.641. The maximum absolute atomic E-state index is 13.2. The molecule has 0 saturated carbocycles. The SMILES string of the molecule is COc1cc(C)nc(NC(=O)CNS(=O)(=O)c2ccccc2S(=O)(=O)NC(F)(F)C(F)F)n1. The minimum atomic E-state index is -5.41. The first-order valence-electron chi connectivity index (χ1n) is 8.66. The van der Waals surface area contributed by atoms with Gasteiger partial charge in [0.15, 0.2) is 0 Å². The number of amides is 1. The lowest BCUT2D eigenvalue weighted by Gasteiger charge is -2.18. The zero-order chi connectivity index (χ0) is 25.0. The van der Waals surface area contributed by atoms with E-state index in [1.165, 1.54) is 13.2 Å². The van der Waals surface area contributed by atoms with E-state index in [2.05, 4.69) is 15.3 Å². The summed E-state index contributed by atoms with van der Waals surface area (Å²) in [5, 5.41) is 2.19. The molecule has 11 nitrogen and oxygen atoms in total. The van der Waals surface area contributed by atoms with Gasteiger partial charge in [-0.25, -0.2) is 35.3 Å². The molecule has 3 N–H and O–H groups in total. The number of alkyl halides is 4. The van der Waals surface area contributed by atoms with E-state index in [0.717, 1.165) is 18.2 Å². The number of benzene rings is 1. The van der Waals surface area contributed by atoms with Crippen molar-refractivity contribution in [3.63, 3.8) is 0 Å². The molecule has 0 atom stereocenters. The summed E-state index contributed by atoms with van der Waals surface area (Å²) in [5.74, 6) is -1.06. The number of methoxy groups -OCH3 is 1. The van der Waals surface area contributed by atoms with Crippen LogP contribution in [0.2, 0.25) is 0 Å². The molecule has 0 fully saturated rings. The number of nitrogens with zero attached hydrogens (tertiary/aromatic N) is 2. The number of sulfonamides is 2. The average Bonchev–Trinajstić information content (AvgIpc) is 2.71. The van der Waals surface area contributed by atoms with Gasteiger partial charge in [0.1, 0.15) is 9.79 Å². The topological polar surface area (TPSA) is 156 Å². The molecule has 0 aliphatic heterocycles. The average molecular weight is 515 g/mol. The van der Waals surface area contributed by atoms with Crippen molar-refractivity contribution in [3.05, 3.63) is 36.0 Å². The van der Waals surface area contributed by atoms with Crippen molar-refractivity contribution >= 4 is 31.9 Å². The predicted octanol–water partition coefficient (Wildman–Crippen LogP) is 0.847. The maximum atomic E-state index is 13.2. The van der Waals surface area contributed by atoms with Crippen LogP contribution in [-0.4, -0.2) is 58.8 Å². The summed E-state index contributed by atoms with van der Waals surface area (Å²) >= 11 is 0. The van der Waals surface area contributed by atoms with E-state index in [4.69, 9.17) is 4.74 Å². The Balaban J connectivity index is 2.23. The molecule has 33 heavy (non-hydrogen) atoms. The molecule has 0 saturated heterocycles. The number of nitrogens with one attached hydrogen (secondary N) is 3. The summed E-state index contributed by atoms with van der Waals surface area (Å²) in [6, 6.07) is -0.302. The zero-order valence-electron chi connectivity index (χ0n) is 16.8. The van der Waals surface area contributed by atoms with Crippen LogP contribution in [0.25, 0.3) is 0 Å². The van der Waals surface area contributed by atoms with Crippen molar-refractivity contribution in [2.45, 2.75) is 29.2 Å². The number of hydrogen-bond donors (Lipinski definition) is 3. The van der Waals surface area contributed by atoms with Gasteiger partial charge in [-0.15, -0.1) is 4.72 Å². The molecule has 0 spiro atoms. The molecule has 0 unspecified atom stereocenters. The Hall–Kier alpha value is -2.89. The van der Waals surface area contributed by atoms with Gasteiger partial charge in [0.2, 0.25) is 37.8 Å². The van der Waals surface area contributed by atoms with Crippen LogP contribution in [0.4, 0.5) is 23.5 Å². The number of hydrogen-bond acceptors (Lipinski definition) is 8. The van der Waals surface area contributed by atoms with Gasteiger partial charge in [-0.05, 0) is 19.1 Å². The van der Waals surface area contributed by atoms with Crippen LogP contribution in [-0.2, 0) is 24.8 Å². The van der Waals surface area contributed by atoms with Crippen molar-refractivity contribution in [1.29, 1.82) is 0 Å². The summed E-state index contributed by atoms with van der Waals surface area (Å²) in [4.78, 5) is 17.5. The molecule has 1 amide bonds. The van der Waals surface area contributed by atoms with E-state index >= 15 is 0 Å². The molecule has 2 rings (SSSR count). The normalized spacial score (nSPS) is 12.6. The number of rotatable bonds is 10. The van der Waals surface area contributed by atoms with Crippen LogP contribution in [0.1, 0.15) is 5.69 Å². The van der Waals surface area contributed by atoms with Crippen LogP contribution in [0.3, 0.4) is 0 Å². The highest BCUT2D eigenvalue weighted by Gasteiger charge is 2.45. The van der Waals surface area contributed by atoms with E-state index in [0.29, 0.717) is 16.5 Å². The number of carbonyl (C=O) groups is 1. The Morgan fingerprint density at radius 2 is 1.67 bits per heavy atom. The molecule has 0 radical (unpaired) electrons. The Bertz CT molecular complexity index is 1240. The molecule has 17 heteroatoms. The molecular formula is C16H17F4N5O6S2. The summed E-state index contributed by atoms with van der Waals surface area (Å²) < 4.78 is 108. The van der Waals surface area contributed by atoms with Crippen LogP contribution >= 0.6 is 0 Å². The van der Waals surface area contributed by atoms with Crippen molar-refractivity contribution < 1.29 is 43.9 Å². The molecule has 182 valence electrons. The minimum absolute atomic E-state index is 0.116. The summed E-state index contributed by atoms with van der Waals surface area (Å²) in [5.41, 5.74) is 0.421. The van der Waals surface area contributed by atoms with Crippen molar-refractivity contribution in [2.24, 2.45) is 0 Å². The van der Waals surface area contributed by atoms with Crippen LogP contribution in [0.5, 0.6) is 5.88 Å². The molecule has 1 heterocycles. The monoisotopic (exact) mass is 515 g/mol. The van der Waals surface area contributed by atoms with Crippen molar-refractivity contribution in [3.8, 4) is 5.88 Å². The lowest BCUT2D eigenvalue weighted by atomic mass is 10.4. The fourth-order valence-corrected chi connectivity index (χ4v) is 5.15. The van der Waals surface area contributed by atoms with Crippen LogP contribution in [0.15, 0.2) is 40.1 Å². The number of aryl methyl sites for hydroxylation is 1. The Kier molecular flexibility index (Phi) is 7.94. The predicted molar refractivity (Wildman–Crippen MR) is 105 cm³/mol. The third-order valence-corrected chi connectivity index (χ3v) is 6.75. The number of anilines is 1. The van der Waals surface area contributed by atoms with Gasteiger partial charge >= 0.3 is 12.5 Å². The highest BCUT2D eigenvalue weighted by molar-refractivity contribution is 7.92. The first-order chi connectivity index (χ1) is 15.2. The van der Waals surface area contributed by atoms with Crippen LogP contribution in [0, 0.1) is 6.92 Å². The summed E-state index contributed by atoms with van der Waals surface area (Å²) in [6.07, 6.45) is -4.39. The highest BCUT2D eigenvalue weighted by Crippen LogP contribution is 2.26. The second kappa shape index (κ2) is 9.94. The van der Waals surface area contributed by atoms with Gasteiger partial charge in [-0.2, -0.15) is 13.8 Å². The van der Waals surface area contributed by atoms with Crippen molar-refractivity contribution in [1.82, 2.24) is 19.4 Å². The highest BCUT2D eigenvalue weighted by atomic mass is 32.2. The Morgan fingerprint density at radius 3 is 2.21 bits per heavy atom. The zero-order valence-corrected chi connectivity index (χ0v) is 18.5. The second-order valence-electron chi connectivity index (χ2n) is 6.22. The van der Waals surface area contributed by atoms with E-state index < -0.39 is 54.8 Å². The third kappa shape index (κ3) is 6.80. The molecule has 0 aliphatic carbocycles. The van der Waals surface area contributed by atoms with Gasteiger partial charge < -0.3 is 4.74 Å². The van der Waals surface area contributed by atoms with Gasteiger partial charge in [-0.1, -0.05) is 12.1 Å². The van der Waals surface area contributed by atoms with Gasteiger partial charge in [0, 0.05) is 11.8 Å². The van der Waals surface area contributed by atoms with E-state index in [1.807, 2.05) is 0 Å². The van der Waals surface area contributed by atoms with Crippen molar-refractivity contribution in [2.75, 3.05) is 19.0 Å². The first kappa shape index (κ1) is 26.4. The van der Waals surface area contributed by atoms with Gasteiger partial charge in [-0.3, -0.25) is 10.1 Å². The standard InChI is InChI=1S/C16H17F4N5O6S2/c1-9-7-13(31-2)24-15(22-9)23-12(26)8-21-32(27,28)10-5-3-4-6-11(10)33(29,30)25-16(19,20)14(17)18/h3-7,14,21,25H,8H2,1-2H3,(H,22,23,24,26). The minimum Gasteiger partial charge on any atom is -0.481 e. The Morgan fingerprint density at radius 1 is 1.09 bits per heavy atom. The van der Waals surface area contributed by atoms with Gasteiger partial charge in [0.25, 0.3) is 0 Å². The molecule has 0 bridgehead atoms. The quantitative estimate of drug-likeness (QED) is 0.311. The lowest BCUT2D eigenvalue weighted by molar-refractivity contribution is -0.135. The van der Waals surface area contributed by atoms with Gasteiger partial charge in [0.05, 0.1) is 13.7 Å². The fourth-order valence-electron chi connectivity index (χ4n) is 2.28. The number of halogens is 4.